The monoisotopic (exact) mass is 232 g/mol. The molecule has 2 bridgehead atoms. The second-order valence-corrected chi connectivity index (χ2v) is 4.73. The summed E-state index contributed by atoms with van der Waals surface area (Å²) in [4.78, 5) is 22.2. The van der Waals surface area contributed by atoms with E-state index in [1.807, 2.05) is 0 Å². The normalized spacial score (nSPS) is 45.2. The van der Waals surface area contributed by atoms with Crippen molar-refractivity contribution in [1.82, 2.24) is 0 Å². The van der Waals surface area contributed by atoms with Crippen LogP contribution in [0.2, 0.25) is 0 Å². The molecule has 0 aliphatic heterocycles. The third-order valence-electron chi connectivity index (χ3n) is 2.97. The largest absolute Gasteiger partial charge is 0.481 e. The van der Waals surface area contributed by atoms with Crippen LogP contribution in [0.4, 0.5) is 0 Å². The van der Waals surface area contributed by atoms with Crippen LogP contribution in [-0.2, 0) is 9.59 Å². The summed E-state index contributed by atoms with van der Waals surface area (Å²) in [6.07, 6.45) is 1.16. The van der Waals surface area contributed by atoms with E-state index in [4.69, 9.17) is 5.11 Å². The van der Waals surface area contributed by atoms with Crippen molar-refractivity contribution in [2.24, 2.45) is 17.8 Å². The van der Waals surface area contributed by atoms with E-state index in [1.165, 1.54) is 0 Å². The number of carboxylic acid groups (broad SMARTS) is 1. The van der Waals surface area contributed by atoms with Crippen LogP contribution >= 0.6 is 15.9 Å². The Labute approximate surface area is 78.3 Å². The molecule has 0 saturated heterocycles. The number of ketones is 1. The third-order valence-corrected chi connectivity index (χ3v) is 4.03. The van der Waals surface area contributed by atoms with E-state index >= 15 is 0 Å². The summed E-state index contributed by atoms with van der Waals surface area (Å²) in [6.45, 7) is 0. The summed E-state index contributed by atoms with van der Waals surface area (Å²) in [6, 6.07) is 0. The number of halogens is 1. The van der Waals surface area contributed by atoms with E-state index in [0.717, 1.165) is 0 Å². The van der Waals surface area contributed by atoms with Crippen molar-refractivity contribution in [3.05, 3.63) is 0 Å². The maximum atomic E-state index is 11.2. The molecule has 0 unspecified atom stereocenters. The first-order chi connectivity index (χ1) is 5.61. The lowest BCUT2D eigenvalue weighted by Gasteiger charge is -2.13. The van der Waals surface area contributed by atoms with Gasteiger partial charge in [-0.05, 0) is 12.3 Å². The fraction of sp³-hybridized carbons (Fsp3) is 0.750. The number of hydrogen-bond donors (Lipinski definition) is 1. The van der Waals surface area contributed by atoms with Crippen molar-refractivity contribution in [3.63, 3.8) is 0 Å². The fourth-order valence-electron chi connectivity index (χ4n) is 2.41. The third kappa shape index (κ3) is 0.937. The molecule has 1 N–H and O–H groups in total. The Bertz CT molecular complexity index is 251. The minimum Gasteiger partial charge on any atom is -0.481 e. The molecule has 0 radical (unpaired) electrons. The van der Waals surface area contributed by atoms with Gasteiger partial charge in [-0.1, -0.05) is 15.9 Å². The lowest BCUT2D eigenvalue weighted by Crippen LogP contribution is -2.20. The van der Waals surface area contributed by atoms with Crippen molar-refractivity contribution in [1.29, 1.82) is 0 Å². The highest BCUT2D eigenvalue weighted by molar-refractivity contribution is 9.09. The van der Waals surface area contributed by atoms with E-state index in [1.54, 1.807) is 0 Å². The smallest absolute Gasteiger partial charge is 0.307 e. The zero-order chi connectivity index (χ0) is 8.88. The first-order valence-corrected chi connectivity index (χ1v) is 4.92. The molecule has 66 valence electrons. The molecular formula is C8H9BrO3. The predicted molar refractivity (Wildman–Crippen MR) is 45.1 cm³/mol. The zero-order valence-corrected chi connectivity index (χ0v) is 7.95. The number of fused-ring (bicyclic) bond motifs is 2. The van der Waals surface area contributed by atoms with Crippen LogP contribution in [0.25, 0.3) is 0 Å². The lowest BCUT2D eigenvalue weighted by atomic mass is 9.98. The van der Waals surface area contributed by atoms with Gasteiger partial charge in [0.1, 0.15) is 5.78 Å². The summed E-state index contributed by atoms with van der Waals surface area (Å²) in [5.41, 5.74) is 0. The average Bonchev–Trinajstić information content (AvgIpc) is 2.41. The molecule has 2 saturated carbocycles. The minimum absolute atomic E-state index is 0.0417. The van der Waals surface area contributed by atoms with E-state index in [2.05, 4.69) is 15.9 Å². The van der Waals surface area contributed by atoms with E-state index in [9.17, 15) is 9.59 Å². The first-order valence-electron chi connectivity index (χ1n) is 4.01. The van der Waals surface area contributed by atoms with Crippen LogP contribution in [0.15, 0.2) is 0 Å². The standard InChI is InChI=1S/C8H9BrO3/c9-5-1-4-6(10)2-3(5)7(4)8(11)12/h3-5,7H,1-2H2,(H,11,12)/t3-,4+,5+,7-/m0/s1. The summed E-state index contributed by atoms with van der Waals surface area (Å²) in [5, 5.41) is 8.86. The summed E-state index contributed by atoms with van der Waals surface area (Å²) in [7, 11) is 0. The number of hydrogen-bond acceptors (Lipinski definition) is 2. The average molecular weight is 233 g/mol. The molecule has 4 atom stereocenters. The number of carbonyl (C=O) groups is 2. The number of Topliss-reactive ketones (excluding diaryl/α,β-unsaturated/α-hetero) is 1. The Morgan fingerprint density at radius 3 is 2.58 bits per heavy atom. The molecule has 0 aromatic rings. The van der Waals surface area contributed by atoms with Crippen molar-refractivity contribution >= 4 is 27.7 Å². The SMILES string of the molecule is O=C(O)[C@H]1[C@H]2CC(=O)[C@H]1C[C@H]2Br. The van der Waals surface area contributed by atoms with Gasteiger partial charge in [0.25, 0.3) is 0 Å². The minimum atomic E-state index is -0.808. The Morgan fingerprint density at radius 2 is 2.25 bits per heavy atom. The molecule has 3 nitrogen and oxygen atoms in total. The van der Waals surface area contributed by atoms with Crippen molar-refractivity contribution < 1.29 is 14.7 Å². The van der Waals surface area contributed by atoms with Crippen LogP contribution in [0.5, 0.6) is 0 Å². The van der Waals surface area contributed by atoms with Gasteiger partial charge in [0.15, 0.2) is 0 Å². The van der Waals surface area contributed by atoms with Gasteiger partial charge in [0.05, 0.1) is 5.92 Å². The van der Waals surface area contributed by atoms with Crippen molar-refractivity contribution in [2.45, 2.75) is 17.7 Å². The van der Waals surface area contributed by atoms with Crippen LogP contribution < -0.4 is 0 Å². The molecule has 0 heterocycles. The van der Waals surface area contributed by atoms with Gasteiger partial charge < -0.3 is 5.11 Å². The zero-order valence-electron chi connectivity index (χ0n) is 6.37. The molecule has 0 amide bonds. The predicted octanol–water partition coefficient (Wildman–Crippen LogP) is 1.06. The van der Waals surface area contributed by atoms with E-state index < -0.39 is 11.9 Å². The van der Waals surface area contributed by atoms with E-state index in [0.29, 0.717) is 12.8 Å². The molecule has 12 heavy (non-hydrogen) atoms. The van der Waals surface area contributed by atoms with Crippen LogP contribution in [-0.4, -0.2) is 21.7 Å². The Morgan fingerprint density at radius 1 is 1.58 bits per heavy atom. The number of rotatable bonds is 1. The van der Waals surface area contributed by atoms with Crippen LogP contribution in [0.3, 0.4) is 0 Å². The molecule has 2 aliphatic rings. The summed E-state index contributed by atoms with van der Waals surface area (Å²) < 4.78 is 0. The Balaban J connectivity index is 2.28. The summed E-state index contributed by atoms with van der Waals surface area (Å²) in [5.74, 6) is -1.25. The van der Waals surface area contributed by atoms with Crippen LogP contribution in [0, 0.1) is 17.8 Å². The first kappa shape index (κ1) is 8.23. The molecule has 0 aromatic carbocycles. The second-order valence-electron chi connectivity index (χ2n) is 3.56. The highest BCUT2D eigenvalue weighted by atomic mass is 79.9. The highest BCUT2D eigenvalue weighted by Gasteiger charge is 2.55. The van der Waals surface area contributed by atoms with Gasteiger partial charge in [-0.3, -0.25) is 9.59 Å². The maximum absolute atomic E-state index is 11.2. The molecule has 2 fully saturated rings. The van der Waals surface area contributed by atoms with Gasteiger partial charge in [-0.15, -0.1) is 0 Å². The molecule has 2 aliphatic carbocycles. The van der Waals surface area contributed by atoms with Gasteiger partial charge in [0.2, 0.25) is 0 Å². The van der Waals surface area contributed by atoms with Gasteiger partial charge >= 0.3 is 5.97 Å². The summed E-state index contributed by atoms with van der Waals surface area (Å²) >= 11 is 3.42. The fourth-order valence-corrected chi connectivity index (χ4v) is 3.33. The topological polar surface area (TPSA) is 54.4 Å². The molecule has 0 spiro atoms. The van der Waals surface area contributed by atoms with Gasteiger partial charge in [0, 0.05) is 17.2 Å². The highest BCUT2D eigenvalue weighted by Crippen LogP contribution is 2.50. The molecule has 0 aromatic heterocycles. The molecular weight excluding hydrogens is 224 g/mol. The van der Waals surface area contributed by atoms with Gasteiger partial charge in [-0.25, -0.2) is 0 Å². The van der Waals surface area contributed by atoms with Gasteiger partial charge in [-0.2, -0.15) is 0 Å². The number of aliphatic carboxylic acids is 1. The second kappa shape index (κ2) is 2.55. The lowest BCUT2D eigenvalue weighted by molar-refractivity contribution is -0.144. The number of alkyl halides is 1. The molecule has 2 rings (SSSR count). The van der Waals surface area contributed by atoms with Crippen molar-refractivity contribution in [2.75, 3.05) is 0 Å². The van der Waals surface area contributed by atoms with Crippen LogP contribution in [0.1, 0.15) is 12.8 Å². The van der Waals surface area contributed by atoms with E-state index in [-0.39, 0.29) is 22.4 Å². The Kier molecular flexibility index (Phi) is 1.75. The maximum Gasteiger partial charge on any atom is 0.307 e. The number of carboxylic acids is 1. The van der Waals surface area contributed by atoms with Crippen molar-refractivity contribution in [3.8, 4) is 0 Å². The Hall–Kier alpha value is -0.380. The quantitative estimate of drug-likeness (QED) is 0.689. The number of carbonyl (C=O) groups excluding carboxylic acids is 1. The molecule has 4 heteroatoms.